The maximum absolute atomic E-state index is 11.0. The zero-order valence-corrected chi connectivity index (χ0v) is 11.1. The van der Waals surface area contributed by atoms with Crippen LogP contribution in [0, 0.1) is 0 Å². The van der Waals surface area contributed by atoms with Crippen LogP contribution < -0.4 is 10.1 Å². The molecule has 1 aliphatic rings. The molecule has 0 saturated carbocycles. The van der Waals surface area contributed by atoms with Crippen LogP contribution in [0.4, 0.5) is 5.69 Å². The van der Waals surface area contributed by atoms with E-state index in [4.69, 9.17) is 4.74 Å². The summed E-state index contributed by atoms with van der Waals surface area (Å²) in [7, 11) is 1.47. The highest BCUT2D eigenvalue weighted by atomic mass is 16.5. The highest BCUT2D eigenvalue weighted by molar-refractivity contribution is 5.85. The number of aromatic hydroxyl groups is 1. The smallest absolute Gasteiger partial charge is 0.168 e. The molecule has 1 heterocycles. The second-order valence-corrected chi connectivity index (χ2v) is 4.78. The fourth-order valence-electron chi connectivity index (χ4n) is 2.53. The average Bonchev–Trinajstić information content (AvgIpc) is 2.95. The Labute approximate surface area is 117 Å². The van der Waals surface area contributed by atoms with Gasteiger partial charge in [-0.1, -0.05) is 6.07 Å². The minimum Gasteiger partial charge on any atom is -0.504 e. The third-order valence-corrected chi connectivity index (χ3v) is 3.60. The minimum absolute atomic E-state index is 0.117. The summed E-state index contributed by atoms with van der Waals surface area (Å²) in [4.78, 5) is 11.0. The number of rotatable bonds is 3. The summed E-state index contributed by atoms with van der Waals surface area (Å²) in [5.41, 5.74) is 4.53. The zero-order chi connectivity index (χ0) is 14.1. The Morgan fingerprint density at radius 1 is 1.25 bits per heavy atom. The molecule has 2 aromatic rings. The first-order chi connectivity index (χ1) is 9.72. The van der Waals surface area contributed by atoms with Crippen LogP contribution >= 0.6 is 0 Å². The number of phenolic OH excluding ortho intramolecular Hbond substituents is 1. The molecule has 0 saturated heterocycles. The van der Waals surface area contributed by atoms with Gasteiger partial charge in [-0.3, -0.25) is 4.79 Å². The van der Waals surface area contributed by atoms with Gasteiger partial charge in [0, 0.05) is 12.2 Å². The highest BCUT2D eigenvalue weighted by Crippen LogP contribution is 2.36. The Morgan fingerprint density at radius 2 is 2.10 bits per heavy atom. The first-order valence-corrected chi connectivity index (χ1v) is 6.46. The van der Waals surface area contributed by atoms with E-state index < -0.39 is 0 Å². The number of anilines is 1. The summed E-state index contributed by atoms with van der Waals surface area (Å²) < 4.78 is 5.12. The molecule has 0 fully saturated rings. The Morgan fingerprint density at radius 3 is 2.85 bits per heavy atom. The van der Waals surface area contributed by atoms with Crippen LogP contribution in [0.5, 0.6) is 11.5 Å². The fourth-order valence-corrected chi connectivity index (χ4v) is 2.53. The van der Waals surface area contributed by atoms with Crippen LogP contribution in [0.3, 0.4) is 0 Å². The van der Waals surface area contributed by atoms with E-state index in [1.54, 1.807) is 12.1 Å². The maximum atomic E-state index is 11.0. The van der Waals surface area contributed by atoms with E-state index in [2.05, 4.69) is 11.4 Å². The highest BCUT2D eigenvalue weighted by Gasteiger charge is 2.14. The Kier molecular flexibility index (Phi) is 3.06. The lowest BCUT2D eigenvalue weighted by atomic mass is 9.99. The molecule has 2 N–H and O–H groups in total. The van der Waals surface area contributed by atoms with E-state index >= 15 is 0 Å². The number of benzene rings is 2. The third-order valence-electron chi connectivity index (χ3n) is 3.60. The molecule has 4 nitrogen and oxygen atoms in total. The van der Waals surface area contributed by atoms with E-state index in [-0.39, 0.29) is 11.3 Å². The number of ether oxygens (including phenoxy) is 1. The number of phenols is 1. The Hall–Kier alpha value is -2.49. The Balaban J connectivity index is 2.12. The number of aldehydes is 1. The maximum Gasteiger partial charge on any atom is 0.168 e. The Bertz CT molecular complexity index is 680. The quantitative estimate of drug-likeness (QED) is 0.841. The molecule has 20 heavy (non-hydrogen) atoms. The lowest BCUT2D eigenvalue weighted by Crippen LogP contribution is -1.91. The van der Waals surface area contributed by atoms with Crippen molar-refractivity contribution in [3.8, 4) is 22.6 Å². The van der Waals surface area contributed by atoms with Crippen molar-refractivity contribution in [1.29, 1.82) is 0 Å². The van der Waals surface area contributed by atoms with Crippen molar-refractivity contribution >= 4 is 12.0 Å². The number of fused-ring (bicyclic) bond motifs is 1. The van der Waals surface area contributed by atoms with Crippen LogP contribution in [0.1, 0.15) is 15.9 Å². The zero-order valence-electron chi connectivity index (χ0n) is 11.1. The van der Waals surface area contributed by atoms with Gasteiger partial charge in [0.25, 0.3) is 0 Å². The molecule has 0 aromatic heterocycles. The second-order valence-electron chi connectivity index (χ2n) is 4.78. The largest absolute Gasteiger partial charge is 0.504 e. The van der Waals surface area contributed by atoms with Crippen molar-refractivity contribution in [1.82, 2.24) is 0 Å². The number of methoxy groups -OCH3 is 1. The predicted octanol–water partition coefficient (Wildman–Crippen LogP) is 2.85. The number of hydrogen-bond donors (Lipinski definition) is 2. The number of hydrogen-bond acceptors (Lipinski definition) is 4. The molecule has 0 unspecified atom stereocenters. The fraction of sp³-hybridized carbons (Fsp3) is 0.188. The summed E-state index contributed by atoms with van der Waals surface area (Å²) in [6.07, 6.45) is 1.63. The summed E-state index contributed by atoms with van der Waals surface area (Å²) in [5, 5.41) is 13.2. The van der Waals surface area contributed by atoms with Crippen LogP contribution in [-0.4, -0.2) is 25.0 Å². The average molecular weight is 269 g/mol. The molecule has 3 rings (SSSR count). The van der Waals surface area contributed by atoms with E-state index in [9.17, 15) is 9.90 Å². The lowest BCUT2D eigenvalue weighted by molar-refractivity contribution is 0.112. The van der Waals surface area contributed by atoms with Gasteiger partial charge in [0.2, 0.25) is 0 Å². The number of nitrogens with one attached hydrogen (secondary N) is 1. The van der Waals surface area contributed by atoms with E-state index in [1.165, 1.54) is 12.7 Å². The molecular formula is C16H15NO3. The van der Waals surface area contributed by atoms with Gasteiger partial charge in [0.05, 0.1) is 12.7 Å². The summed E-state index contributed by atoms with van der Waals surface area (Å²) >= 11 is 0. The van der Waals surface area contributed by atoms with Crippen LogP contribution in [0.2, 0.25) is 0 Å². The lowest BCUT2D eigenvalue weighted by Gasteiger charge is -2.10. The van der Waals surface area contributed by atoms with Crippen molar-refractivity contribution in [2.45, 2.75) is 6.42 Å². The predicted molar refractivity (Wildman–Crippen MR) is 77.7 cm³/mol. The minimum atomic E-state index is -0.117. The van der Waals surface area contributed by atoms with Gasteiger partial charge >= 0.3 is 0 Å². The van der Waals surface area contributed by atoms with Gasteiger partial charge in [0.1, 0.15) is 0 Å². The van der Waals surface area contributed by atoms with Crippen molar-refractivity contribution in [2.24, 2.45) is 0 Å². The molecule has 4 heteroatoms. The summed E-state index contributed by atoms with van der Waals surface area (Å²) in [5.74, 6) is 0.192. The van der Waals surface area contributed by atoms with Crippen molar-refractivity contribution in [2.75, 3.05) is 19.0 Å². The van der Waals surface area contributed by atoms with Gasteiger partial charge < -0.3 is 15.2 Å². The molecule has 0 bridgehead atoms. The van der Waals surface area contributed by atoms with Crippen molar-refractivity contribution in [3.05, 3.63) is 41.5 Å². The van der Waals surface area contributed by atoms with Crippen LogP contribution in [0.15, 0.2) is 30.3 Å². The van der Waals surface area contributed by atoms with Gasteiger partial charge in [-0.2, -0.15) is 0 Å². The van der Waals surface area contributed by atoms with E-state index in [0.29, 0.717) is 12.0 Å². The SMILES string of the molecule is COc1cc(-c2ccc3c(c2)CCN3)cc(C=O)c1O. The van der Waals surface area contributed by atoms with Crippen LogP contribution in [-0.2, 0) is 6.42 Å². The first-order valence-electron chi connectivity index (χ1n) is 6.46. The molecule has 1 aliphatic heterocycles. The molecule has 2 aromatic carbocycles. The van der Waals surface area contributed by atoms with E-state index in [1.807, 2.05) is 12.1 Å². The molecular weight excluding hydrogens is 254 g/mol. The van der Waals surface area contributed by atoms with Crippen LogP contribution in [0.25, 0.3) is 11.1 Å². The molecule has 0 aliphatic carbocycles. The van der Waals surface area contributed by atoms with Crippen molar-refractivity contribution in [3.63, 3.8) is 0 Å². The molecule has 0 radical (unpaired) electrons. The topological polar surface area (TPSA) is 58.6 Å². The first kappa shape index (κ1) is 12.5. The van der Waals surface area contributed by atoms with E-state index in [0.717, 1.165) is 29.8 Å². The second kappa shape index (κ2) is 4.89. The summed E-state index contributed by atoms with van der Waals surface area (Å²) in [6.45, 7) is 0.956. The molecule has 0 spiro atoms. The number of carbonyl (C=O) groups excluding carboxylic acids is 1. The third kappa shape index (κ3) is 1.99. The van der Waals surface area contributed by atoms with Gasteiger partial charge in [-0.15, -0.1) is 0 Å². The molecule has 102 valence electrons. The normalized spacial score (nSPS) is 12.7. The number of carbonyl (C=O) groups is 1. The van der Waals surface area contributed by atoms with Gasteiger partial charge in [-0.25, -0.2) is 0 Å². The molecule has 0 amide bonds. The van der Waals surface area contributed by atoms with Gasteiger partial charge in [-0.05, 0) is 47.4 Å². The molecule has 0 atom stereocenters. The standard InChI is InChI=1S/C16H15NO3/c1-20-15-8-12(7-13(9-18)16(15)19)10-2-3-14-11(6-10)4-5-17-14/h2-3,6-9,17,19H,4-5H2,1H3. The van der Waals surface area contributed by atoms with Gasteiger partial charge in [0.15, 0.2) is 17.8 Å². The monoisotopic (exact) mass is 269 g/mol. The van der Waals surface area contributed by atoms with Crippen molar-refractivity contribution < 1.29 is 14.6 Å². The summed E-state index contributed by atoms with van der Waals surface area (Å²) in [6, 6.07) is 9.56.